The summed E-state index contributed by atoms with van der Waals surface area (Å²) in [7, 11) is 1.30. The van der Waals surface area contributed by atoms with Crippen LogP contribution in [0.1, 0.15) is 16.1 Å². The van der Waals surface area contributed by atoms with E-state index in [9.17, 15) is 18.8 Å². The molecule has 2 aromatic carbocycles. The number of anilines is 1. The lowest BCUT2D eigenvalue weighted by Crippen LogP contribution is -2.35. The first-order valence-corrected chi connectivity index (χ1v) is 9.36. The van der Waals surface area contributed by atoms with Crippen LogP contribution in [0.3, 0.4) is 0 Å². The van der Waals surface area contributed by atoms with Crippen LogP contribution in [0, 0.1) is 5.82 Å². The first-order valence-electron chi connectivity index (χ1n) is 8.98. The normalized spacial score (nSPS) is 14.8. The summed E-state index contributed by atoms with van der Waals surface area (Å²) in [5.74, 6) is -1.59. The standard InChI is InChI=1S/C22H14ClFN2O5/c1-30-22(29)13-4-2-12(3-5-13)19-9-7-15(31-19)11-16-20(27)25-26(21(16)28)14-6-8-18(24)17(23)10-14/h2-11H,1H3,(H,25,27)/b16-11-. The second kappa shape index (κ2) is 8.08. The Hall–Kier alpha value is -3.91. The first-order chi connectivity index (χ1) is 14.9. The number of hydrazine groups is 1. The summed E-state index contributed by atoms with van der Waals surface area (Å²) in [5.41, 5.74) is 3.57. The minimum absolute atomic E-state index is 0.151. The van der Waals surface area contributed by atoms with Gasteiger partial charge in [0.05, 0.1) is 23.4 Å². The highest BCUT2D eigenvalue weighted by Crippen LogP contribution is 2.28. The highest BCUT2D eigenvalue weighted by Gasteiger charge is 2.35. The molecular formula is C22H14ClFN2O5. The number of halogens is 2. The van der Waals surface area contributed by atoms with Crippen LogP contribution in [0.15, 0.2) is 64.6 Å². The number of hydrogen-bond acceptors (Lipinski definition) is 5. The predicted octanol–water partition coefficient (Wildman–Crippen LogP) is 3.99. The zero-order valence-corrected chi connectivity index (χ0v) is 16.8. The summed E-state index contributed by atoms with van der Waals surface area (Å²) in [5, 5.41) is 0.806. The third kappa shape index (κ3) is 3.93. The van der Waals surface area contributed by atoms with E-state index < -0.39 is 23.6 Å². The van der Waals surface area contributed by atoms with E-state index in [0.717, 1.165) is 11.1 Å². The van der Waals surface area contributed by atoms with Crippen LogP contribution in [0.5, 0.6) is 0 Å². The van der Waals surface area contributed by atoms with E-state index >= 15 is 0 Å². The van der Waals surface area contributed by atoms with Gasteiger partial charge in [-0.25, -0.2) is 14.2 Å². The molecule has 0 atom stereocenters. The van der Waals surface area contributed by atoms with Crippen molar-refractivity contribution >= 4 is 41.1 Å². The van der Waals surface area contributed by atoms with Crippen LogP contribution in [0.4, 0.5) is 10.1 Å². The van der Waals surface area contributed by atoms with Crippen LogP contribution in [-0.2, 0) is 14.3 Å². The van der Waals surface area contributed by atoms with Gasteiger partial charge in [0.1, 0.15) is 22.9 Å². The Balaban J connectivity index is 1.57. The van der Waals surface area contributed by atoms with Gasteiger partial charge < -0.3 is 9.15 Å². The molecule has 0 spiro atoms. The third-order valence-corrected chi connectivity index (χ3v) is 4.85. The number of furan rings is 1. The van der Waals surface area contributed by atoms with Crippen molar-refractivity contribution in [3.05, 3.63) is 82.3 Å². The Kier molecular flexibility index (Phi) is 5.31. The number of nitrogens with one attached hydrogen (secondary N) is 1. The second-order valence-corrected chi connectivity index (χ2v) is 6.92. The summed E-state index contributed by atoms with van der Waals surface area (Å²) in [4.78, 5) is 36.5. The molecule has 31 heavy (non-hydrogen) atoms. The summed E-state index contributed by atoms with van der Waals surface area (Å²) < 4.78 is 23.8. The number of nitrogens with zero attached hydrogens (tertiary/aromatic N) is 1. The van der Waals surface area contributed by atoms with E-state index in [1.165, 1.54) is 25.3 Å². The summed E-state index contributed by atoms with van der Waals surface area (Å²) >= 11 is 5.76. The highest BCUT2D eigenvalue weighted by molar-refractivity contribution is 6.33. The molecule has 1 aromatic heterocycles. The van der Waals surface area contributed by atoms with Gasteiger partial charge in [-0.3, -0.25) is 15.0 Å². The Morgan fingerprint density at radius 2 is 1.87 bits per heavy atom. The second-order valence-electron chi connectivity index (χ2n) is 6.51. The number of carbonyl (C=O) groups excluding carboxylic acids is 3. The van der Waals surface area contributed by atoms with Crippen molar-refractivity contribution in [2.24, 2.45) is 0 Å². The maximum Gasteiger partial charge on any atom is 0.337 e. The van der Waals surface area contributed by atoms with Crippen molar-refractivity contribution in [2.45, 2.75) is 0 Å². The molecule has 1 aliphatic rings. The minimum Gasteiger partial charge on any atom is -0.465 e. The maximum absolute atomic E-state index is 13.4. The molecule has 0 aliphatic carbocycles. The lowest BCUT2D eigenvalue weighted by atomic mass is 10.1. The van der Waals surface area contributed by atoms with Crippen molar-refractivity contribution in [3.63, 3.8) is 0 Å². The van der Waals surface area contributed by atoms with Gasteiger partial charge in [-0.15, -0.1) is 0 Å². The van der Waals surface area contributed by atoms with Crippen LogP contribution < -0.4 is 10.4 Å². The van der Waals surface area contributed by atoms with Gasteiger partial charge in [-0.1, -0.05) is 23.7 Å². The number of rotatable bonds is 4. The number of ether oxygens (including phenoxy) is 1. The average molecular weight is 441 g/mol. The van der Waals surface area contributed by atoms with Gasteiger partial charge in [0, 0.05) is 5.56 Å². The first kappa shape index (κ1) is 20.4. The number of benzene rings is 2. The highest BCUT2D eigenvalue weighted by atomic mass is 35.5. The number of carbonyl (C=O) groups is 3. The molecule has 2 heterocycles. The average Bonchev–Trinajstić information content (AvgIpc) is 3.35. The van der Waals surface area contributed by atoms with Crippen molar-refractivity contribution < 1.29 is 27.9 Å². The Bertz CT molecular complexity index is 1230. The predicted molar refractivity (Wildman–Crippen MR) is 110 cm³/mol. The lowest BCUT2D eigenvalue weighted by molar-refractivity contribution is -0.117. The van der Waals surface area contributed by atoms with Gasteiger partial charge in [0.2, 0.25) is 0 Å². The summed E-state index contributed by atoms with van der Waals surface area (Å²) in [6, 6.07) is 13.5. The van der Waals surface area contributed by atoms with Crippen molar-refractivity contribution in [3.8, 4) is 11.3 Å². The number of esters is 1. The van der Waals surface area contributed by atoms with Crippen molar-refractivity contribution in [1.29, 1.82) is 0 Å². The molecule has 9 heteroatoms. The quantitative estimate of drug-likeness (QED) is 0.376. The van der Waals surface area contributed by atoms with Crippen LogP contribution >= 0.6 is 11.6 Å². The Morgan fingerprint density at radius 3 is 2.55 bits per heavy atom. The van der Waals surface area contributed by atoms with Gasteiger partial charge in [-0.2, -0.15) is 0 Å². The molecule has 1 saturated heterocycles. The molecule has 0 bridgehead atoms. The van der Waals surface area contributed by atoms with Gasteiger partial charge in [-0.05, 0) is 48.5 Å². The zero-order valence-electron chi connectivity index (χ0n) is 16.0. The Labute approximate surface area is 180 Å². The number of hydrogen-bond donors (Lipinski definition) is 1. The lowest BCUT2D eigenvalue weighted by Gasteiger charge is -2.14. The molecule has 1 N–H and O–H groups in total. The van der Waals surface area contributed by atoms with Gasteiger partial charge in [0.15, 0.2) is 0 Å². The SMILES string of the molecule is COC(=O)c1ccc(-c2ccc(/C=C3/C(=O)NN(c4ccc(F)c(Cl)c4)C3=O)o2)cc1. The smallest absolute Gasteiger partial charge is 0.337 e. The van der Waals surface area contributed by atoms with Crippen molar-refractivity contribution in [2.75, 3.05) is 12.1 Å². The van der Waals surface area contributed by atoms with E-state index in [-0.39, 0.29) is 22.0 Å². The fraction of sp³-hybridized carbons (Fsp3) is 0.0455. The molecule has 1 aliphatic heterocycles. The molecule has 4 rings (SSSR count). The van der Waals surface area contributed by atoms with E-state index in [1.807, 2.05) is 0 Å². The molecule has 156 valence electrons. The molecule has 1 fully saturated rings. The monoisotopic (exact) mass is 440 g/mol. The molecule has 2 amide bonds. The summed E-state index contributed by atoms with van der Waals surface area (Å²) in [6.45, 7) is 0. The molecule has 0 unspecified atom stereocenters. The van der Waals surface area contributed by atoms with E-state index in [1.54, 1.807) is 36.4 Å². The number of amides is 2. The van der Waals surface area contributed by atoms with Gasteiger partial charge >= 0.3 is 5.97 Å². The van der Waals surface area contributed by atoms with Crippen LogP contribution in [0.25, 0.3) is 17.4 Å². The van der Waals surface area contributed by atoms with Crippen LogP contribution in [-0.4, -0.2) is 24.9 Å². The van der Waals surface area contributed by atoms with E-state index in [0.29, 0.717) is 16.9 Å². The molecule has 7 nitrogen and oxygen atoms in total. The fourth-order valence-corrected chi connectivity index (χ4v) is 3.15. The molecule has 0 radical (unpaired) electrons. The molecule has 3 aromatic rings. The largest absolute Gasteiger partial charge is 0.465 e. The Morgan fingerprint density at radius 1 is 1.13 bits per heavy atom. The fourth-order valence-electron chi connectivity index (χ4n) is 2.98. The minimum atomic E-state index is -0.637. The zero-order chi connectivity index (χ0) is 22.1. The van der Waals surface area contributed by atoms with Gasteiger partial charge in [0.25, 0.3) is 11.8 Å². The maximum atomic E-state index is 13.4. The summed E-state index contributed by atoms with van der Waals surface area (Å²) in [6.07, 6.45) is 1.31. The molecule has 0 saturated carbocycles. The molecular weight excluding hydrogens is 427 g/mol. The van der Waals surface area contributed by atoms with E-state index in [4.69, 9.17) is 16.0 Å². The van der Waals surface area contributed by atoms with Crippen LogP contribution in [0.2, 0.25) is 5.02 Å². The third-order valence-electron chi connectivity index (χ3n) is 4.56. The van der Waals surface area contributed by atoms with Crippen molar-refractivity contribution in [1.82, 2.24) is 5.43 Å². The van der Waals surface area contributed by atoms with E-state index in [2.05, 4.69) is 10.2 Å². The number of methoxy groups -OCH3 is 1. The topological polar surface area (TPSA) is 88.9 Å².